The third kappa shape index (κ3) is 2.86. The molecule has 18 heavy (non-hydrogen) atoms. The molecule has 2 heterocycles. The lowest BCUT2D eigenvalue weighted by molar-refractivity contribution is -0.144. The predicted molar refractivity (Wildman–Crippen MR) is 68.3 cm³/mol. The third-order valence-corrected chi connectivity index (χ3v) is 3.42. The first-order valence-corrected chi connectivity index (χ1v) is 6.32. The molecule has 1 saturated heterocycles. The second-order valence-corrected chi connectivity index (χ2v) is 4.47. The fourth-order valence-electron chi connectivity index (χ4n) is 2.35. The lowest BCUT2D eigenvalue weighted by Crippen LogP contribution is -2.49. The van der Waals surface area contributed by atoms with Gasteiger partial charge < -0.3 is 10.0 Å². The number of aliphatic carboxylic acids is 1. The molecule has 0 amide bonds. The minimum atomic E-state index is -0.821. The molecular formula is C13H19N3O2. The van der Waals surface area contributed by atoms with Gasteiger partial charge in [-0.3, -0.25) is 14.7 Å². The van der Waals surface area contributed by atoms with Crippen molar-refractivity contribution in [3.05, 3.63) is 30.1 Å². The summed E-state index contributed by atoms with van der Waals surface area (Å²) in [6.45, 7) is 6.56. The van der Waals surface area contributed by atoms with E-state index < -0.39 is 12.0 Å². The summed E-state index contributed by atoms with van der Waals surface area (Å²) in [7, 11) is 0. The molecule has 0 bridgehead atoms. The summed E-state index contributed by atoms with van der Waals surface area (Å²) >= 11 is 0. The molecule has 1 aliphatic heterocycles. The number of carbonyl (C=O) groups is 1. The summed E-state index contributed by atoms with van der Waals surface area (Å²) in [6, 6.07) is 4.80. The molecule has 2 rings (SSSR count). The van der Waals surface area contributed by atoms with Gasteiger partial charge in [-0.05, 0) is 18.7 Å². The fraction of sp³-hybridized carbons (Fsp3) is 0.538. The molecule has 0 saturated carbocycles. The topological polar surface area (TPSA) is 56.7 Å². The third-order valence-electron chi connectivity index (χ3n) is 3.42. The highest BCUT2D eigenvalue weighted by molar-refractivity contribution is 5.74. The zero-order chi connectivity index (χ0) is 13.0. The largest absolute Gasteiger partial charge is 0.480 e. The zero-order valence-corrected chi connectivity index (χ0v) is 10.6. The summed E-state index contributed by atoms with van der Waals surface area (Å²) in [6.07, 6.45) is 1.65. The predicted octanol–water partition coefficient (Wildman–Crippen LogP) is 0.845. The standard InChI is InChI=1S/C13H19N3O2/c1-2-15-7-9-16(10-8-15)12(13(17)18)11-5-3-4-6-14-11/h3-6,12H,2,7-10H2,1H3,(H,17,18). The molecule has 1 aromatic heterocycles. The van der Waals surface area contributed by atoms with Crippen LogP contribution in [-0.4, -0.2) is 58.6 Å². The average Bonchev–Trinajstić information content (AvgIpc) is 2.40. The van der Waals surface area contributed by atoms with Gasteiger partial charge in [-0.25, -0.2) is 0 Å². The zero-order valence-electron chi connectivity index (χ0n) is 10.6. The molecule has 1 N–H and O–H groups in total. The van der Waals surface area contributed by atoms with Crippen molar-refractivity contribution < 1.29 is 9.90 Å². The molecule has 1 aromatic rings. The van der Waals surface area contributed by atoms with Gasteiger partial charge in [-0.1, -0.05) is 13.0 Å². The number of nitrogens with zero attached hydrogens (tertiary/aromatic N) is 3. The van der Waals surface area contributed by atoms with Gasteiger partial charge in [0.15, 0.2) is 6.04 Å². The Morgan fingerprint density at radius 2 is 2.11 bits per heavy atom. The van der Waals surface area contributed by atoms with Crippen LogP contribution in [0, 0.1) is 0 Å². The number of piperazine rings is 1. The van der Waals surface area contributed by atoms with E-state index in [1.807, 2.05) is 11.0 Å². The minimum absolute atomic E-state index is 0.620. The molecule has 1 atom stereocenters. The van der Waals surface area contributed by atoms with Gasteiger partial charge in [0.05, 0.1) is 5.69 Å². The summed E-state index contributed by atoms with van der Waals surface area (Å²) in [5.74, 6) is -0.821. The van der Waals surface area contributed by atoms with E-state index in [0.29, 0.717) is 5.69 Å². The molecule has 0 radical (unpaired) electrons. The van der Waals surface area contributed by atoms with Gasteiger partial charge in [0.2, 0.25) is 0 Å². The maximum atomic E-state index is 11.5. The highest BCUT2D eigenvalue weighted by atomic mass is 16.4. The minimum Gasteiger partial charge on any atom is -0.480 e. The van der Waals surface area contributed by atoms with E-state index in [1.54, 1.807) is 18.3 Å². The van der Waals surface area contributed by atoms with Crippen LogP contribution in [-0.2, 0) is 4.79 Å². The summed E-state index contributed by atoms with van der Waals surface area (Å²) in [5.41, 5.74) is 0.620. The van der Waals surface area contributed by atoms with Gasteiger partial charge in [0.1, 0.15) is 0 Å². The Hall–Kier alpha value is -1.46. The molecule has 5 heteroatoms. The molecule has 1 unspecified atom stereocenters. The molecule has 0 spiro atoms. The van der Waals surface area contributed by atoms with Crippen LogP contribution in [0.5, 0.6) is 0 Å². The molecule has 98 valence electrons. The van der Waals surface area contributed by atoms with E-state index in [0.717, 1.165) is 32.7 Å². The monoisotopic (exact) mass is 249 g/mol. The van der Waals surface area contributed by atoms with Crippen LogP contribution in [0.1, 0.15) is 18.7 Å². The van der Waals surface area contributed by atoms with Crippen LogP contribution in [0.2, 0.25) is 0 Å². The molecule has 1 aliphatic rings. The Morgan fingerprint density at radius 1 is 1.39 bits per heavy atom. The Labute approximate surface area is 107 Å². The highest BCUT2D eigenvalue weighted by Crippen LogP contribution is 2.20. The molecule has 5 nitrogen and oxygen atoms in total. The lowest BCUT2D eigenvalue weighted by atomic mass is 10.1. The van der Waals surface area contributed by atoms with Gasteiger partial charge in [0, 0.05) is 32.4 Å². The number of hydrogen-bond acceptors (Lipinski definition) is 4. The summed E-state index contributed by atoms with van der Waals surface area (Å²) in [4.78, 5) is 20.0. The van der Waals surface area contributed by atoms with Crippen molar-refractivity contribution in [3.8, 4) is 0 Å². The Bertz CT molecular complexity index is 388. The second kappa shape index (κ2) is 5.93. The van der Waals surface area contributed by atoms with E-state index in [9.17, 15) is 9.90 Å². The molecular weight excluding hydrogens is 230 g/mol. The molecule has 0 aliphatic carbocycles. The van der Waals surface area contributed by atoms with Gasteiger partial charge in [-0.2, -0.15) is 0 Å². The van der Waals surface area contributed by atoms with Crippen LogP contribution >= 0.6 is 0 Å². The van der Waals surface area contributed by atoms with Crippen LogP contribution in [0.3, 0.4) is 0 Å². The number of aromatic nitrogens is 1. The van der Waals surface area contributed by atoms with Crippen molar-refractivity contribution in [2.45, 2.75) is 13.0 Å². The average molecular weight is 249 g/mol. The van der Waals surface area contributed by atoms with E-state index in [-0.39, 0.29) is 0 Å². The number of likely N-dealkylation sites (N-methyl/N-ethyl adjacent to an activating group) is 1. The van der Waals surface area contributed by atoms with E-state index in [1.165, 1.54) is 0 Å². The van der Waals surface area contributed by atoms with E-state index in [4.69, 9.17) is 0 Å². The summed E-state index contributed by atoms with van der Waals surface area (Å²) < 4.78 is 0. The van der Waals surface area contributed by atoms with Crippen LogP contribution in [0.25, 0.3) is 0 Å². The summed E-state index contributed by atoms with van der Waals surface area (Å²) in [5, 5.41) is 9.41. The van der Waals surface area contributed by atoms with Gasteiger partial charge >= 0.3 is 5.97 Å². The van der Waals surface area contributed by atoms with Crippen molar-refractivity contribution in [1.82, 2.24) is 14.8 Å². The van der Waals surface area contributed by atoms with Crippen molar-refractivity contribution in [3.63, 3.8) is 0 Å². The molecule has 0 aromatic carbocycles. The van der Waals surface area contributed by atoms with Crippen LogP contribution in [0.15, 0.2) is 24.4 Å². The Kier molecular flexibility index (Phi) is 4.28. The van der Waals surface area contributed by atoms with Crippen molar-refractivity contribution >= 4 is 5.97 Å². The maximum absolute atomic E-state index is 11.5. The van der Waals surface area contributed by atoms with Gasteiger partial charge in [-0.15, -0.1) is 0 Å². The highest BCUT2D eigenvalue weighted by Gasteiger charge is 2.30. The SMILES string of the molecule is CCN1CCN(C(C(=O)O)c2ccccn2)CC1. The number of rotatable bonds is 4. The maximum Gasteiger partial charge on any atom is 0.327 e. The fourth-order valence-corrected chi connectivity index (χ4v) is 2.35. The Balaban J connectivity index is 2.10. The smallest absolute Gasteiger partial charge is 0.327 e. The quantitative estimate of drug-likeness (QED) is 0.857. The number of pyridine rings is 1. The van der Waals surface area contributed by atoms with Crippen molar-refractivity contribution in [2.75, 3.05) is 32.7 Å². The second-order valence-electron chi connectivity index (χ2n) is 4.47. The lowest BCUT2D eigenvalue weighted by Gasteiger charge is -2.36. The first-order chi connectivity index (χ1) is 8.72. The van der Waals surface area contributed by atoms with Crippen molar-refractivity contribution in [2.24, 2.45) is 0 Å². The van der Waals surface area contributed by atoms with Crippen LogP contribution in [0.4, 0.5) is 0 Å². The Morgan fingerprint density at radius 3 is 2.61 bits per heavy atom. The number of carboxylic acids is 1. The first-order valence-electron chi connectivity index (χ1n) is 6.32. The first kappa shape index (κ1) is 13.0. The number of hydrogen-bond donors (Lipinski definition) is 1. The van der Waals surface area contributed by atoms with Crippen LogP contribution < -0.4 is 0 Å². The van der Waals surface area contributed by atoms with Crippen molar-refractivity contribution in [1.29, 1.82) is 0 Å². The van der Waals surface area contributed by atoms with E-state index >= 15 is 0 Å². The van der Waals surface area contributed by atoms with E-state index in [2.05, 4.69) is 16.8 Å². The molecule has 1 fully saturated rings. The van der Waals surface area contributed by atoms with Gasteiger partial charge in [0.25, 0.3) is 0 Å². The number of carboxylic acid groups (broad SMARTS) is 1. The normalized spacial score (nSPS) is 19.6.